The van der Waals surface area contributed by atoms with E-state index in [1.807, 2.05) is 13.0 Å². The Balaban J connectivity index is 3.31. The van der Waals surface area contributed by atoms with E-state index < -0.39 is 0 Å². The lowest BCUT2D eigenvalue weighted by Gasteiger charge is -2.07. The smallest absolute Gasteiger partial charge is 0.139 e. The molecule has 68 valence electrons. The third kappa shape index (κ3) is 1.79. The molecule has 0 radical (unpaired) electrons. The van der Waals surface area contributed by atoms with E-state index in [2.05, 4.69) is 0 Å². The second-order valence-electron chi connectivity index (χ2n) is 2.76. The number of aryl methyl sites for hydroxylation is 1. The van der Waals surface area contributed by atoms with Crippen molar-refractivity contribution in [3.63, 3.8) is 0 Å². The maximum absolute atomic E-state index is 8.90. The zero-order chi connectivity index (χ0) is 9.84. The van der Waals surface area contributed by atoms with Gasteiger partial charge in [0, 0.05) is 0 Å². The Morgan fingerprint density at radius 2 is 2.23 bits per heavy atom. The van der Waals surface area contributed by atoms with Crippen molar-refractivity contribution in [2.75, 3.05) is 7.11 Å². The van der Waals surface area contributed by atoms with Gasteiger partial charge in [0.25, 0.3) is 0 Å². The van der Waals surface area contributed by atoms with Gasteiger partial charge in [0.05, 0.1) is 19.3 Å². The molecule has 0 aromatic heterocycles. The standard InChI is InChI=1S/C10H11NO2/c1-7-3-8(6-12)4-9(5-11)10(7)13-2/h3-4,12H,6H2,1-2H3. The first-order valence-corrected chi connectivity index (χ1v) is 3.91. The van der Waals surface area contributed by atoms with Crippen molar-refractivity contribution < 1.29 is 9.84 Å². The molecule has 1 aromatic carbocycles. The number of nitriles is 1. The molecule has 0 heterocycles. The SMILES string of the molecule is COc1c(C)cc(CO)cc1C#N. The highest BCUT2D eigenvalue weighted by atomic mass is 16.5. The predicted octanol–water partition coefficient (Wildman–Crippen LogP) is 1.37. The first kappa shape index (κ1) is 9.56. The lowest BCUT2D eigenvalue weighted by molar-refractivity contribution is 0.281. The van der Waals surface area contributed by atoms with Crippen LogP contribution in [0, 0.1) is 18.3 Å². The van der Waals surface area contributed by atoms with Crippen LogP contribution < -0.4 is 4.74 Å². The van der Waals surface area contributed by atoms with Gasteiger partial charge < -0.3 is 9.84 Å². The number of hydrogen-bond donors (Lipinski definition) is 1. The summed E-state index contributed by atoms with van der Waals surface area (Å²) in [4.78, 5) is 0. The Hall–Kier alpha value is -1.53. The summed E-state index contributed by atoms with van der Waals surface area (Å²) in [5, 5.41) is 17.7. The molecule has 0 aliphatic carbocycles. The topological polar surface area (TPSA) is 53.2 Å². The first-order chi connectivity index (χ1) is 6.22. The zero-order valence-corrected chi connectivity index (χ0v) is 7.66. The Morgan fingerprint density at radius 3 is 2.69 bits per heavy atom. The molecular weight excluding hydrogens is 166 g/mol. The van der Waals surface area contributed by atoms with Gasteiger partial charge in [0.2, 0.25) is 0 Å². The average Bonchev–Trinajstić information content (AvgIpc) is 2.16. The molecule has 0 fully saturated rings. The molecule has 1 rings (SSSR count). The van der Waals surface area contributed by atoms with E-state index in [1.165, 1.54) is 7.11 Å². The van der Waals surface area contributed by atoms with Crippen molar-refractivity contribution in [3.05, 3.63) is 28.8 Å². The number of hydrogen-bond acceptors (Lipinski definition) is 3. The van der Waals surface area contributed by atoms with Crippen molar-refractivity contribution in [2.45, 2.75) is 13.5 Å². The molecule has 0 saturated carbocycles. The van der Waals surface area contributed by atoms with Gasteiger partial charge in [-0.1, -0.05) is 6.07 Å². The molecule has 0 bridgehead atoms. The van der Waals surface area contributed by atoms with Crippen LogP contribution in [-0.2, 0) is 6.61 Å². The second kappa shape index (κ2) is 3.92. The lowest BCUT2D eigenvalue weighted by Crippen LogP contribution is -1.94. The Labute approximate surface area is 77.2 Å². The number of ether oxygens (including phenoxy) is 1. The maximum atomic E-state index is 8.90. The van der Waals surface area contributed by atoms with Crippen molar-refractivity contribution in [3.8, 4) is 11.8 Å². The van der Waals surface area contributed by atoms with E-state index in [4.69, 9.17) is 15.1 Å². The Bertz CT molecular complexity index is 353. The molecular formula is C10H11NO2. The van der Waals surface area contributed by atoms with Crippen molar-refractivity contribution in [2.24, 2.45) is 0 Å². The molecule has 0 saturated heterocycles. The van der Waals surface area contributed by atoms with Crippen LogP contribution in [0.2, 0.25) is 0 Å². The molecule has 0 atom stereocenters. The average molecular weight is 177 g/mol. The molecule has 0 aliphatic heterocycles. The molecule has 3 heteroatoms. The largest absolute Gasteiger partial charge is 0.495 e. The quantitative estimate of drug-likeness (QED) is 0.742. The minimum absolute atomic E-state index is 0.0560. The van der Waals surface area contributed by atoms with Gasteiger partial charge in [0.15, 0.2) is 0 Å². The van der Waals surface area contributed by atoms with Crippen LogP contribution >= 0.6 is 0 Å². The summed E-state index contributed by atoms with van der Waals surface area (Å²) < 4.78 is 5.06. The summed E-state index contributed by atoms with van der Waals surface area (Å²) in [6, 6.07) is 5.46. The Kier molecular flexibility index (Phi) is 2.88. The van der Waals surface area contributed by atoms with Crippen LogP contribution in [0.3, 0.4) is 0 Å². The van der Waals surface area contributed by atoms with E-state index in [0.717, 1.165) is 11.1 Å². The molecule has 13 heavy (non-hydrogen) atoms. The van der Waals surface area contributed by atoms with E-state index in [9.17, 15) is 0 Å². The first-order valence-electron chi connectivity index (χ1n) is 3.91. The molecule has 3 nitrogen and oxygen atoms in total. The van der Waals surface area contributed by atoms with E-state index in [-0.39, 0.29) is 6.61 Å². The van der Waals surface area contributed by atoms with Gasteiger partial charge in [-0.15, -0.1) is 0 Å². The van der Waals surface area contributed by atoms with Gasteiger partial charge in [-0.25, -0.2) is 0 Å². The molecule has 0 aliphatic rings. The van der Waals surface area contributed by atoms with Crippen LogP contribution in [0.5, 0.6) is 5.75 Å². The summed E-state index contributed by atoms with van der Waals surface area (Å²) >= 11 is 0. The third-order valence-electron chi connectivity index (χ3n) is 1.84. The number of aliphatic hydroxyl groups is 1. The molecule has 0 spiro atoms. The van der Waals surface area contributed by atoms with Crippen LogP contribution in [0.1, 0.15) is 16.7 Å². The summed E-state index contributed by atoms with van der Waals surface area (Å²) in [5.41, 5.74) is 2.06. The molecule has 1 N–H and O–H groups in total. The number of benzene rings is 1. The lowest BCUT2D eigenvalue weighted by atomic mass is 10.1. The fraction of sp³-hybridized carbons (Fsp3) is 0.300. The highest BCUT2D eigenvalue weighted by Gasteiger charge is 2.07. The van der Waals surface area contributed by atoms with Gasteiger partial charge >= 0.3 is 0 Å². The molecule has 0 unspecified atom stereocenters. The van der Waals surface area contributed by atoms with Crippen LogP contribution in [0.15, 0.2) is 12.1 Å². The van der Waals surface area contributed by atoms with E-state index in [0.29, 0.717) is 11.3 Å². The molecule has 1 aromatic rings. The van der Waals surface area contributed by atoms with Crippen molar-refractivity contribution >= 4 is 0 Å². The predicted molar refractivity (Wildman–Crippen MR) is 48.4 cm³/mol. The molecule has 0 amide bonds. The second-order valence-corrected chi connectivity index (χ2v) is 2.76. The maximum Gasteiger partial charge on any atom is 0.139 e. The van der Waals surface area contributed by atoms with Gasteiger partial charge in [-0.05, 0) is 24.1 Å². The van der Waals surface area contributed by atoms with Crippen LogP contribution in [-0.4, -0.2) is 12.2 Å². The van der Waals surface area contributed by atoms with Crippen molar-refractivity contribution in [1.82, 2.24) is 0 Å². The van der Waals surface area contributed by atoms with Crippen molar-refractivity contribution in [1.29, 1.82) is 5.26 Å². The summed E-state index contributed by atoms with van der Waals surface area (Å²) in [5.74, 6) is 0.583. The Morgan fingerprint density at radius 1 is 1.54 bits per heavy atom. The minimum Gasteiger partial charge on any atom is -0.495 e. The highest BCUT2D eigenvalue weighted by molar-refractivity contribution is 5.50. The number of methoxy groups -OCH3 is 1. The normalized spacial score (nSPS) is 9.38. The monoisotopic (exact) mass is 177 g/mol. The van der Waals surface area contributed by atoms with E-state index >= 15 is 0 Å². The summed E-state index contributed by atoms with van der Waals surface area (Å²) in [6.07, 6.45) is 0. The van der Waals surface area contributed by atoms with Gasteiger partial charge in [0.1, 0.15) is 11.8 Å². The van der Waals surface area contributed by atoms with E-state index in [1.54, 1.807) is 12.1 Å². The van der Waals surface area contributed by atoms with Gasteiger partial charge in [-0.2, -0.15) is 5.26 Å². The number of rotatable bonds is 2. The summed E-state index contributed by atoms with van der Waals surface area (Å²) in [7, 11) is 1.53. The van der Waals surface area contributed by atoms with Crippen LogP contribution in [0.25, 0.3) is 0 Å². The fourth-order valence-electron chi connectivity index (χ4n) is 1.29. The van der Waals surface area contributed by atoms with Gasteiger partial charge in [-0.3, -0.25) is 0 Å². The zero-order valence-electron chi connectivity index (χ0n) is 7.66. The minimum atomic E-state index is -0.0560. The third-order valence-corrected chi connectivity index (χ3v) is 1.84. The fourth-order valence-corrected chi connectivity index (χ4v) is 1.29. The number of nitrogens with zero attached hydrogens (tertiary/aromatic N) is 1. The summed E-state index contributed by atoms with van der Waals surface area (Å²) in [6.45, 7) is 1.79. The van der Waals surface area contributed by atoms with Crippen LogP contribution in [0.4, 0.5) is 0 Å². The highest BCUT2D eigenvalue weighted by Crippen LogP contribution is 2.24. The number of aliphatic hydroxyl groups excluding tert-OH is 1.